The Morgan fingerprint density at radius 1 is 1.00 bits per heavy atom. The number of hydrogen-bond acceptors (Lipinski definition) is 5. The zero-order valence-electron chi connectivity index (χ0n) is 13.0. The summed E-state index contributed by atoms with van der Waals surface area (Å²) in [6, 6.07) is 0. The van der Waals surface area contributed by atoms with Crippen molar-refractivity contribution in [2.24, 2.45) is 11.7 Å². The molecule has 0 bridgehead atoms. The van der Waals surface area contributed by atoms with E-state index in [9.17, 15) is 4.21 Å². The van der Waals surface area contributed by atoms with Gasteiger partial charge in [0.05, 0.1) is 33.0 Å². The highest BCUT2D eigenvalue weighted by molar-refractivity contribution is 7.85. The average Bonchev–Trinajstić information content (AvgIpc) is 2.44. The van der Waals surface area contributed by atoms with Gasteiger partial charge < -0.3 is 19.9 Å². The normalized spacial score (nSPS) is 14.3. The Morgan fingerprint density at radius 2 is 1.55 bits per heavy atom. The van der Waals surface area contributed by atoms with Crippen LogP contribution >= 0.6 is 0 Å². The molecular formula is C14H31NO4S. The lowest BCUT2D eigenvalue weighted by Crippen LogP contribution is -2.20. The number of rotatable bonds is 15. The molecule has 2 unspecified atom stereocenters. The molecule has 122 valence electrons. The number of ether oxygens (including phenoxy) is 3. The second-order valence-corrected chi connectivity index (χ2v) is 6.46. The van der Waals surface area contributed by atoms with Crippen molar-refractivity contribution < 1.29 is 18.4 Å². The third-order valence-corrected chi connectivity index (χ3v) is 4.28. The van der Waals surface area contributed by atoms with Crippen molar-refractivity contribution in [2.75, 3.05) is 57.7 Å². The van der Waals surface area contributed by atoms with Gasteiger partial charge in [0, 0.05) is 28.9 Å². The fraction of sp³-hybridized carbons (Fsp3) is 1.00. The van der Waals surface area contributed by atoms with Crippen molar-refractivity contribution in [2.45, 2.75) is 26.7 Å². The van der Waals surface area contributed by atoms with Crippen LogP contribution in [0.5, 0.6) is 0 Å². The molecule has 0 aromatic heterocycles. The van der Waals surface area contributed by atoms with Gasteiger partial charge in [-0.2, -0.15) is 0 Å². The van der Waals surface area contributed by atoms with Gasteiger partial charge in [-0.15, -0.1) is 0 Å². The van der Waals surface area contributed by atoms with Crippen LogP contribution in [0.1, 0.15) is 26.7 Å². The Bertz CT molecular complexity index is 229. The molecular weight excluding hydrogens is 278 g/mol. The van der Waals surface area contributed by atoms with Crippen molar-refractivity contribution in [3.63, 3.8) is 0 Å². The molecule has 0 rings (SSSR count). The molecule has 20 heavy (non-hydrogen) atoms. The molecule has 5 nitrogen and oxygen atoms in total. The minimum Gasteiger partial charge on any atom is -0.379 e. The summed E-state index contributed by atoms with van der Waals surface area (Å²) in [5.74, 6) is 1.54. The quantitative estimate of drug-likeness (QED) is 0.460. The van der Waals surface area contributed by atoms with Gasteiger partial charge >= 0.3 is 0 Å². The van der Waals surface area contributed by atoms with Crippen molar-refractivity contribution in [1.29, 1.82) is 0 Å². The molecule has 0 amide bonds. The Balaban J connectivity index is 3.14. The lowest BCUT2D eigenvalue weighted by atomic mass is 10.2. The second kappa shape index (κ2) is 15.4. The van der Waals surface area contributed by atoms with Crippen LogP contribution in [0.2, 0.25) is 0 Å². The zero-order chi connectivity index (χ0) is 15.1. The van der Waals surface area contributed by atoms with E-state index in [-0.39, 0.29) is 0 Å². The topological polar surface area (TPSA) is 70.8 Å². The standard InChI is InChI=1S/C14H31NO4S/c1-3-4-5-17-6-7-18-8-9-19-10-11-20(16)13-14(2)12-15/h14H,3-13,15H2,1-2H3. The molecule has 0 spiro atoms. The molecule has 0 aliphatic carbocycles. The first-order valence-corrected chi connectivity index (χ1v) is 8.97. The molecule has 0 heterocycles. The second-order valence-electron chi connectivity index (χ2n) is 4.84. The van der Waals surface area contributed by atoms with E-state index in [1.54, 1.807) is 0 Å². The summed E-state index contributed by atoms with van der Waals surface area (Å²) in [5.41, 5.74) is 5.49. The SMILES string of the molecule is CCCCOCCOCCOCCS(=O)CC(C)CN. The van der Waals surface area contributed by atoms with Crippen LogP contribution in [0.4, 0.5) is 0 Å². The fourth-order valence-corrected chi connectivity index (χ4v) is 2.65. The average molecular weight is 309 g/mol. The summed E-state index contributed by atoms with van der Waals surface area (Å²) in [4.78, 5) is 0. The lowest BCUT2D eigenvalue weighted by molar-refractivity contribution is 0.0168. The molecule has 0 fully saturated rings. The van der Waals surface area contributed by atoms with E-state index in [1.807, 2.05) is 6.92 Å². The van der Waals surface area contributed by atoms with Gasteiger partial charge in [-0.25, -0.2) is 0 Å². The maximum Gasteiger partial charge on any atom is 0.0701 e. The molecule has 0 aromatic carbocycles. The lowest BCUT2D eigenvalue weighted by Gasteiger charge is -2.09. The predicted octanol–water partition coefficient (Wildman–Crippen LogP) is 1.18. The van der Waals surface area contributed by atoms with Crippen LogP contribution in [0, 0.1) is 5.92 Å². The minimum atomic E-state index is -0.829. The van der Waals surface area contributed by atoms with Crippen molar-refractivity contribution in [1.82, 2.24) is 0 Å². The maximum atomic E-state index is 11.6. The van der Waals surface area contributed by atoms with Crippen LogP contribution in [-0.2, 0) is 25.0 Å². The van der Waals surface area contributed by atoms with Crippen molar-refractivity contribution in [3.05, 3.63) is 0 Å². The Kier molecular flexibility index (Phi) is 15.4. The van der Waals surface area contributed by atoms with Crippen LogP contribution < -0.4 is 5.73 Å². The van der Waals surface area contributed by atoms with E-state index in [1.165, 1.54) is 0 Å². The van der Waals surface area contributed by atoms with Crippen molar-refractivity contribution in [3.8, 4) is 0 Å². The van der Waals surface area contributed by atoms with Gasteiger partial charge in [-0.3, -0.25) is 4.21 Å². The van der Waals surface area contributed by atoms with Crippen LogP contribution in [0.3, 0.4) is 0 Å². The van der Waals surface area contributed by atoms with Gasteiger partial charge in [0.2, 0.25) is 0 Å². The number of hydrogen-bond donors (Lipinski definition) is 1. The van der Waals surface area contributed by atoms with E-state index >= 15 is 0 Å². The van der Waals surface area contributed by atoms with Crippen LogP contribution in [0.25, 0.3) is 0 Å². The predicted molar refractivity (Wildman–Crippen MR) is 83.5 cm³/mol. The highest BCUT2D eigenvalue weighted by atomic mass is 32.2. The van der Waals surface area contributed by atoms with E-state index < -0.39 is 10.8 Å². The van der Waals surface area contributed by atoms with Gasteiger partial charge in [-0.05, 0) is 18.9 Å². The Labute approximate surface area is 126 Å². The van der Waals surface area contributed by atoms with Gasteiger partial charge in [0.25, 0.3) is 0 Å². The van der Waals surface area contributed by atoms with Crippen LogP contribution in [0.15, 0.2) is 0 Å². The summed E-state index contributed by atoms with van der Waals surface area (Å²) in [5, 5.41) is 0. The summed E-state index contributed by atoms with van der Waals surface area (Å²) in [6.45, 7) is 8.40. The monoisotopic (exact) mass is 309 g/mol. The summed E-state index contributed by atoms with van der Waals surface area (Å²) < 4.78 is 27.7. The third kappa shape index (κ3) is 14.4. The smallest absolute Gasteiger partial charge is 0.0701 e. The molecule has 2 atom stereocenters. The minimum absolute atomic E-state index is 0.312. The maximum absolute atomic E-state index is 11.6. The van der Waals surface area contributed by atoms with Gasteiger partial charge in [0.1, 0.15) is 0 Å². The van der Waals surface area contributed by atoms with E-state index in [2.05, 4.69) is 6.92 Å². The molecule has 0 aliphatic heterocycles. The van der Waals surface area contributed by atoms with E-state index in [4.69, 9.17) is 19.9 Å². The number of nitrogens with two attached hydrogens (primary N) is 1. The molecule has 2 N–H and O–H groups in total. The van der Waals surface area contributed by atoms with Gasteiger partial charge in [0.15, 0.2) is 0 Å². The summed E-state index contributed by atoms with van der Waals surface area (Å²) >= 11 is 0. The summed E-state index contributed by atoms with van der Waals surface area (Å²) in [7, 11) is -0.829. The van der Waals surface area contributed by atoms with Crippen LogP contribution in [-0.4, -0.2) is 61.9 Å². The molecule has 0 aliphatic rings. The Morgan fingerprint density at radius 3 is 2.10 bits per heavy atom. The Hall–Kier alpha value is -0.0100. The molecule has 6 heteroatoms. The highest BCUT2D eigenvalue weighted by Crippen LogP contribution is 1.96. The molecule has 0 radical (unpaired) electrons. The first kappa shape index (κ1) is 20.0. The van der Waals surface area contributed by atoms with Gasteiger partial charge in [-0.1, -0.05) is 20.3 Å². The largest absolute Gasteiger partial charge is 0.379 e. The first-order valence-electron chi connectivity index (χ1n) is 7.49. The van der Waals surface area contributed by atoms with E-state index in [0.717, 1.165) is 19.4 Å². The summed E-state index contributed by atoms with van der Waals surface area (Å²) in [6.07, 6.45) is 2.25. The molecule has 0 saturated heterocycles. The van der Waals surface area contributed by atoms with Crippen molar-refractivity contribution >= 4 is 10.8 Å². The third-order valence-electron chi connectivity index (χ3n) is 2.71. The van der Waals surface area contributed by atoms with E-state index in [0.29, 0.717) is 57.0 Å². The molecule has 0 aromatic rings. The fourth-order valence-electron chi connectivity index (χ4n) is 1.41. The zero-order valence-corrected chi connectivity index (χ0v) is 13.8. The highest BCUT2D eigenvalue weighted by Gasteiger charge is 2.05. The molecule has 0 saturated carbocycles. The number of unbranched alkanes of at least 4 members (excludes halogenated alkanes) is 1. The first-order chi connectivity index (χ1) is 9.70.